The van der Waals surface area contributed by atoms with Gasteiger partial charge in [0, 0.05) is 25.4 Å². The largest absolute Gasteiger partial charge is 0.393 e. The predicted molar refractivity (Wildman–Crippen MR) is 61.9 cm³/mol. The van der Waals surface area contributed by atoms with Crippen molar-refractivity contribution in [3.63, 3.8) is 0 Å². The van der Waals surface area contributed by atoms with Crippen LogP contribution in [0.3, 0.4) is 0 Å². The number of hydrogen-bond acceptors (Lipinski definition) is 3. The predicted octanol–water partition coefficient (Wildman–Crippen LogP) is 0.901. The number of carbonyl (C=O) groups is 1. The Morgan fingerprint density at radius 1 is 1.50 bits per heavy atom. The average Bonchev–Trinajstić information content (AvgIpc) is 2.27. The molecular formula is C12H18N2O2. The van der Waals surface area contributed by atoms with Crippen LogP contribution in [0, 0.1) is 0 Å². The van der Waals surface area contributed by atoms with E-state index in [0.717, 1.165) is 12.0 Å². The van der Waals surface area contributed by atoms with E-state index in [1.165, 1.54) is 0 Å². The maximum atomic E-state index is 11.4. The molecule has 0 bridgehead atoms. The maximum Gasteiger partial charge on any atom is 0.220 e. The summed E-state index contributed by atoms with van der Waals surface area (Å²) in [4.78, 5) is 15.3. The summed E-state index contributed by atoms with van der Waals surface area (Å²) >= 11 is 0. The SMILES string of the molecule is CC(O)CCNC(=O)CCc1ccncc1. The molecule has 2 N–H and O–H groups in total. The maximum absolute atomic E-state index is 11.4. The van der Waals surface area contributed by atoms with Crippen molar-refractivity contribution in [2.45, 2.75) is 32.3 Å². The lowest BCUT2D eigenvalue weighted by atomic mass is 10.1. The summed E-state index contributed by atoms with van der Waals surface area (Å²) in [6, 6.07) is 3.81. The van der Waals surface area contributed by atoms with Crippen molar-refractivity contribution >= 4 is 5.91 Å². The van der Waals surface area contributed by atoms with Gasteiger partial charge in [-0.05, 0) is 37.5 Å². The molecule has 1 aromatic heterocycles. The number of amides is 1. The van der Waals surface area contributed by atoms with Crippen molar-refractivity contribution in [1.82, 2.24) is 10.3 Å². The van der Waals surface area contributed by atoms with Crippen molar-refractivity contribution in [1.29, 1.82) is 0 Å². The Morgan fingerprint density at radius 2 is 2.19 bits per heavy atom. The average molecular weight is 222 g/mol. The molecule has 0 spiro atoms. The van der Waals surface area contributed by atoms with Crippen LogP contribution in [0.15, 0.2) is 24.5 Å². The van der Waals surface area contributed by atoms with Gasteiger partial charge in [0.2, 0.25) is 5.91 Å². The highest BCUT2D eigenvalue weighted by Crippen LogP contribution is 2.00. The summed E-state index contributed by atoms with van der Waals surface area (Å²) in [5.41, 5.74) is 1.11. The van der Waals surface area contributed by atoms with Gasteiger partial charge in [-0.25, -0.2) is 0 Å². The van der Waals surface area contributed by atoms with Gasteiger partial charge in [0.25, 0.3) is 0 Å². The number of aliphatic hydroxyl groups is 1. The topological polar surface area (TPSA) is 62.2 Å². The fourth-order valence-corrected chi connectivity index (χ4v) is 1.32. The number of carbonyl (C=O) groups excluding carboxylic acids is 1. The van der Waals surface area contributed by atoms with Gasteiger partial charge < -0.3 is 10.4 Å². The summed E-state index contributed by atoms with van der Waals surface area (Å²) in [6.45, 7) is 2.25. The van der Waals surface area contributed by atoms with E-state index in [-0.39, 0.29) is 12.0 Å². The van der Waals surface area contributed by atoms with Gasteiger partial charge in [0.05, 0.1) is 6.10 Å². The van der Waals surface area contributed by atoms with E-state index in [1.807, 2.05) is 12.1 Å². The second-order valence-electron chi connectivity index (χ2n) is 3.84. The molecule has 0 saturated heterocycles. The van der Waals surface area contributed by atoms with Crippen LogP contribution in [0.1, 0.15) is 25.3 Å². The summed E-state index contributed by atoms with van der Waals surface area (Å²) in [6.07, 6.45) is 4.88. The monoisotopic (exact) mass is 222 g/mol. The van der Waals surface area contributed by atoms with Crippen molar-refractivity contribution < 1.29 is 9.90 Å². The van der Waals surface area contributed by atoms with Crippen LogP contribution >= 0.6 is 0 Å². The highest BCUT2D eigenvalue weighted by molar-refractivity contribution is 5.76. The zero-order valence-electron chi connectivity index (χ0n) is 9.52. The molecule has 1 rings (SSSR count). The molecule has 0 aromatic carbocycles. The molecule has 0 radical (unpaired) electrons. The fraction of sp³-hybridized carbons (Fsp3) is 0.500. The summed E-state index contributed by atoms with van der Waals surface area (Å²) in [7, 11) is 0. The van der Waals surface area contributed by atoms with E-state index in [2.05, 4.69) is 10.3 Å². The first-order valence-corrected chi connectivity index (χ1v) is 5.52. The van der Waals surface area contributed by atoms with E-state index in [0.29, 0.717) is 19.4 Å². The van der Waals surface area contributed by atoms with E-state index in [9.17, 15) is 4.79 Å². The number of nitrogens with one attached hydrogen (secondary N) is 1. The molecule has 0 fully saturated rings. The highest BCUT2D eigenvalue weighted by Gasteiger charge is 2.02. The number of nitrogens with zero attached hydrogens (tertiary/aromatic N) is 1. The van der Waals surface area contributed by atoms with Crippen LogP contribution in [0.4, 0.5) is 0 Å². The van der Waals surface area contributed by atoms with E-state index >= 15 is 0 Å². The molecule has 1 atom stereocenters. The first-order valence-electron chi connectivity index (χ1n) is 5.52. The van der Waals surface area contributed by atoms with Gasteiger partial charge in [0.1, 0.15) is 0 Å². The number of aromatic nitrogens is 1. The summed E-state index contributed by atoms with van der Waals surface area (Å²) < 4.78 is 0. The number of rotatable bonds is 6. The fourth-order valence-electron chi connectivity index (χ4n) is 1.32. The molecule has 1 heterocycles. The summed E-state index contributed by atoms with van der Waals surface area (Å²) in [5, 5.41) is 11.8. The Morgan fingerprint density at radius 3 is 2.81 bits per heavy atom. The Hall–Kier alpha value is -1.42. The smallest absolute Gasteiger partial charge is 0.220 e. The Bertz CT molecular complexity index is 312. The quantitative estimate of drug-likeness (QED) is 0.751. The van der Waals surface area contributed by atoms with Crippen LogP contribution in [0.5, 0.6) is 0 Å². The van der Waals surface area contributed by atoms with Crippen LogP contribution in [0.2, 0.25) is 0 Å². The molecule has 16 heavy (non-hydrogen) atoms. The Kier molecular flexibility index (Phi) is 5.50. The molecule has 4 nitrogen and oxygen atoms in total. The Labute approximate surface area is 95.7 Å². The lowest BCUT2D eigenvalue weighted by Crippen LogP contribution is -2.26. The van der Waals surface area contributed by atoms with Crippen LogP contribution in [-0.2, 0) is 11.2 Å². The van der Waals surface area contributed by atoms with Gasteiger partial charge in [-0.1, -0.05) is 0 Å². The Balaban J connectivity index is 2.16. The lowest BCUT2D eigenvalue weighted by Gasteiger charge is -2.06. The van der Waals surface area contributed by atoms with E-state index in [4.69, 9.17) is 5.11 Å². The minimum absolute atomic E-state index is 0.0254. The van der Waals surface area contributed by atoms with Gasteiger partial charge >= 0.3 is 0 Å². The molecule has 4 heteroatoms. The second kappa shape index (κ2) is 6.95. The highest BCUT2D eigenvalue weighted by atomic mass is 16.3. The minimum Gasteiger partial charge on any atom is -0.393 e. The molecule has 1 unspecified atom stereocenters. The van der Waals surface area contributed by atoms with Crippen LogP contribution in [0.25, 0.3) is 0 Å². The minimum atomic E-state index is -0.361. The standard InChI is InChI=1S/C12H18N2O2/c1-10(15)4-9-14-12(16)3-2-11-5-7-13-8-6-11/h5-8,10,15H,2-4,9H2,1H3,(H,14,16). The van der Waals surface area contributed by atoms with Gasteiger partial charge in [0.15, 0.2) is 0 Å². The third-order valence-electron chi connectivity index (χ3n) is 2.27. The van der Waals surface area contributed by atoms with Gasteiger partial charge in [-0.3, -0.25) is 9.78 Å². The molecule has 0 saturated carbocycles. The van der Waals surface area contributed by atoms with Crippen molar-refractivity contribution in [2.24, 2.45) is 0 Å². The summed E-state index contributed by atoms with van der Waals surface area (Å²) in [5.74, 6) is 0.0254. The number of hydrogen-bond donors (Lipinski definition) is 2. The lowest BCUT2D eigenvalue weighted by molar-refractivity contribution is -0.121. The first kappa shape index (κ1) is 12.6. The van der Waals surface area contributed by atoms with E-state index in [1.54, 1.807) is 19.3 Å². The van der Waals surface area contributed by atoms with Crippen molar-refractivity contribution in [3.8, 4) is 0 Å². The zero-order valence-corrected chi connectivity index (χ0v) is 9.52. The number of pyridine rings is 1. The number of aryl methyl sites for hydroxylation is 1. The zero-order chi connectivity index (χ0) is 11.8. The number of aliphatic hydroxyl groups excluding tert-OH is 1. The van der Waals surface area contributed by atoms with Crippen molar-refractivity contribution in [3.05, 3.63) is 30.1 Å². The third-order valence-corrected chi connectivity index (χ3v) is 2.27. The molecule has 0 aliphatic heterocycles. The van der Waals surface area contributed by atoms with Crippen molar-refractivity contribution in [2.75, 3.05) is 6.54 Å². The van der Waals surface area contributed by atoms with Crippen LogP contribution < -0.4 is 5.32 Å². The molecule has 88 valence electrons. The molecular weight excluding hydrogens is 204 g/mol. The van der Waals surface area contributed by atoms with Gasteiger partial charge in [-0.2, -0.15) is 0 Å². The second-order valence-corrected chi connectivity index (χ2v) is 3.84. The van der Waals surface area contributed by atoms with Gasteiger partial charge in [-0.15, -0.1) is 0 Å². The molecule has 1 aromatic rings. The first-order chi connectivity index (χ1) is 7.68. The third kappa shape index (κ3) is 5.46. The molecule has 1 amide bonds. The normalized spacial score (nSPS) is 12.1. The van der Waals surface area contributed by atoms with Crippen LogP contribution in [-0.4, -0.2) is 28.6 Å². The molecule has 0 aliphatic carbocycles. The van der Waals surface area contributed by atoms with E-state index < -0.39 is 0 Å². The molecule has 0 aliphatic rings.